The van der Waals surface area contributed by atoms with Crippen molar-refractivity contribution in [3.05, 3.63) is 11.7 Å². The summed E-state index contributed by atoms with van der Waals surface area (Å²) in [5.74, 6) is 0.470. The van der Waals surface area contributed by atoms with Crippen LogP contribution in [0.4, 0.5) is 0 Å². The molecule has 1 heterocycles. The minimum atomic E-state index is -1.00. The van der Waals surface area contributed by atoms with Crippen LogP contribution in [0, 0.1) is 0 Å². The average Bonchev–Trinajstić information content (AvgIpc) is 2.95. The predicted octanol–water partition coefficient (Wildman–Crippen LogP) is 0.937. The zero-order valence-corrected chi connectivity index (χ0v) is 8.34. The third-order valence-electron chi connectivity index (χ3n) is 2.23. The maximum Gasteiger partial charge on any atom is 0.332 e. The Labute approximate surface area is 86.2 Å². The molecular formula is C9H12N2O4. The van der Waals surface area contributed by atoms with Crippen LogP contribution in [0.3, 0.4) is 0 Å². The van der Waals surface area contributed by atoms with Gasteiger partial charge in [-0.15, -0.1) is 0 Å². The summed E-state index contributed by atoms with van der Waals surface area (Å²) in [5.41, 5.74) is 0. The van der Waals surface area contributed by atoms with Gasteiger partial charge >= 0.3 is 5.97 Å². The highest BCUT2D eigenvalue weighted by atomic mass is 16.5. The summed E-state index contributed by atoms with van der Waals surface area (Å²) in [7, 11) is 0. The van der Waals surface area contributed by atoms with Crippen molar-refractivity contribution in [1.82, 2.24) is 10.1 Å². The van der Waals surface area contributed by atoms with E-state index in [9.17, 15) is 4.79 Å². The molecule has 1 saturated carbocycles. The molecule has 0 unspecified atom stereocenters. The Kier molecular flexibility index (Phi) is 2.68. The zero-order chi connectivity index (χ0) is 10.8. The Hall–Kier alpha value is -1.43. The number of hydrogen-bond donors (Lipinski definition) is 1. The highest BCUT2D eigenvalue weighted by molar-refractivity contribution is 5.71. The van der Waals surface area contributed by atoms with Crippen LogP contribution in [-0.2, 0) is 16.1 Å². The molecule has 1 aliphatic rings. The molecule has 1 N–H and O–H groups in total. The summed E-state index contributed by atoms with van der Waals surface area (Å²) in [5, 5.41) is 12.4. The molecule has 6 nitrogen and oxygen atoms in total. The lowest BCUT2D eigenvalue weighted by atomic mass is 10.4. The van der Waals surface area contributed by atoms with E-state index in [1.54, 1.807) is 0 Å². The van der Waals surface area contributed by atoms with E-state index in [1.165, 1.54) is 6.92 Å². The van der Waals surface area contributed by atoms with Crippen LogP contribution < -0.4 is 0 Å². The molecule has 1 aromatic heterocycles. The smallest absolute Gasteiger partial charge is 0.332 e. The van der Waals surface area contributed by atoms with E-state index < -0.39 is 12.1 Å². The lowest BCUT2D eigenvalue weighted by Crippen LogP contribution is -2.19. The molecule has 1 fully saturated rings. The number of carbonyl (C=O) groups is 1. The van der Waals surface area contributed by atoms with Gasteiger partial charge in [-0.25, -0.2) is 4.79 Å². The number of hydrogen-bond acceptors (Lipinski definition) is 5. The second kappa shape index (κ2) is 3.98. The van der Waals surface area contributed by atoms with Crippen molar-refractivity contribution < 1.29 is 19.2 Å². The number of carboxylic acid groups (broad SMARTS) is 1. The molecule has 0 spiro atoms. The molecule has 1 atom stereocenters. The quantitative estimate of drug-likeness (QED) is 0.781. The summed E-state index contributed by atoms with van der Waals surface area (Å²) in [6, 6.07) is 0. The van der Waals surface area contributed by atoms with Crippen molar-refractivity contribution in [3.8, 4) is 0 Å². The number of aliphatic carboxylic acids is 1. The Morgan fingerprint density at radius 2 is 2.47 bits per heavy atom. The van der Waals surface area contributed by atoms with Crippen molar-refractivity contribution in [2.45, 2.75) is 38.4 Å². The number of ether oxygens (including phenoxy) is 1. The van der Waals surface area contributed by atoms with E-state index in [-0.39, 0.29) is 6.61 Å². The maximum absolute atomic E-state index is 10.5. The summed E-state index contributed by atoms with van der Waals surface area (Å²) in [4.78, 5) is 14.6. The minimum absolute atomic E-state index is 0.0488. The van der Waals surface area contributed by atoms with Crippen LogP contribution >= 0.6 is 0 Å². The van der Waals surface area contributed by atoms with Crippen LogP contribution in [-0.4, -0.2) is 27.3 Å². The normalized spacial score (nSPS) is 17.7. The van der Waals surface area contributed by atoms with E-state index >= 15 is 0 Å². The second-order valence-electron chi connectivity index (χ2n) is 3.61. The Morgan fingerprint density at radius 3 is 3.07 bits per heavy atom. The van der Waals surface area contributed by atoms with E-state index in [1.807, 2.05) is 0 Å². The van der Waals surface area contributed by atoms with Crippen LogP contribution in [0.5, 0.6) is 0 Å². The molecule has 0 amide bonds. The van der Waals surface area contributed by atoms with Crippen molar-refractivity contribution in [1.29, 1.82) is 0 Å². The fourth-order valence-electron chi connectivity index (χ4n) is 1.10. The third-order valence-corrected chi connectivity index (χ3v) is 2.23. The van der Waals surface area contributed by atoms with Gasteiger partial charge in [-0.2, -0.15) is 4.98 Å². The first-order valence-electron chi connectivity index (χ1n) is 4.83. The molecule has 1 aromatic rings. The summed E-state index contributed by atoms with van der Waals surface area (Å²) >= 11 is 0. The van der Waals surface area contributed by atoms with Gasteiger partial charge in [0.2, 0.25) is 0 Å². The van der Waals surface area contributed by atoms with E-state index in [4.69, 9.17) is 14.4 Å². The number of carboxylic acids is 1. The van der Waals surface area contributed by atoms with Gasteiger partial charge < -0.3 is 14.4 Å². The van der Waals surface area contributed by atoms with Gasteiger partial charge in [-0.3, -0.25) is 0 Å². The number of nitrogens with zero attached hydrogens (tertiary/aromatic N) is 2. The van der Waals surface area contributed by atoms with Crippen LogP contribution in [0.2, 0.25) is 0 Å². The molecule has 2 rings (SSSR count). The van der Waals surface area contributed by atoms with Gasteiger partial charge in [0.1, 0.15) is 6.61 Å². The predicted molar refractivity (Wildman–Crippen MR) is 48.2 cm³/mol. The minimum Gasteiger partial charge on any atom is -0.479 e. The fourth-order valence-corrected chi connectivity index (χ4v) is 1.10. The highest BCUT2D eigenvalue weighted by Gasteiger charge is 2.28. The van der Waals surface area contributed by atoms with Crippen LogP contribution in [0.25, 0.3) is 0 Å². The topological polar surface area (TPSA) is 85.5 Å². The van der Waals surface area contributed by atoms with Gasteiger partial charge in [-0.1, -0.05) is 5.16 Å². The standard InChI is InChI=1S/C9H12N2O4/c1-5(9(12)13)14-4-7-10-8(11-15-7)6-2-3-6/h5-6H,2-4H2,1H3,(H,12,13)/t5-/m0/s1. The number of rotatable bonds is 5. The van der Waals surface area contributed by atoms with E-state index in [2.05, 4.69) is 10.1 Å². The summed E-state index contributed by atoms with van der Waals surface area (Å²) in [6.45, 7) is 1.51. The first kappa shape index (κ1) is 10.1. The summed E-state index contributed by atoms with van der Waals surface area (Å²) in [6.07, 6.45) is 1.35. The van der Waals surface area contributed by atoms with E-state index in [0.29, 0.717) is 17.6 Å². The van der Waals surface area contributed by atoms with Crippen LogP contribution in [0.15, 0.2) is 4.52 Å². The molecule has 6 heteroatoms. The van der Waals surface area contributed by atoms with Crippen molar-refractivity contribution in [2.75, 3.05) is 0 Å². The van der Waals surface area contributed by atoms with Gasteiger partial charge in [-0.05, 0) is 19.8 Å². The first-order valence-corrected chi connectivity index (χ1v) is 4.83. The molecule has 82 valence electrons. The molecule has 0 radical (unpaired) electrons. The van der Waals surface area contributed by atoms with Gasteiger partial charge in [0.05, 0.1) is 0 Å². The van der Waals surface area contributed by atoms with Gasteiger partial charge in [0.15, 0.2) is 11.9 Å². The second-order valence-corrected chi connectivity index (χ2v) is 3.61. The summed E-state index contributed by atoms with van der Waals surface area (Å²) < 4.78 is 9.92. The fraction of sp³-hybridized carbons (Fsp3) is 0.667. The van der Waals surface area contributed by atoms with Crippen molar-refractivity contribution in [2.24, 2.45) is 0 Å². The molecule has 15 heavy (non-hydrogen) atoms. The van der Waals surface area contributed by atoms with Crippen molar-refractivity contribution in [3.63, 3.8) is 0 Å². The monoisotopic (exact) mass is 212 g/mol. The average molecular weight is 212 g/mol. The molecule has 0 saturated heterocycles. The number of aromatic nitrogens is 2. The molecule has 0 aromatic carbocycles. The lowest BCUT2D eigenvalue weighted by molar-refractivity contribution is -0.150. The Bertz CT molecular complexity index is 359. The first-order chi connectivity index (χ1) is 7.16. The Morgan fingerprint density at radius 1 is 1.73 bits per heavy atom. The Balaban J connectivity index is 1.85. The molecule has 0 bridgehead atoms. The zero-order valence-electron chi connectivity index (χ0n) is 8.34. The van der Waals surface area contributed by atoms with Crippen LogP contribution in [0.1, 0.15) is 37.4 Å². The van der Waals surface area contributed by atoms with Gasteiger partial charge in [0, 0.05) is 5.92 Å². The van der Waals surface area contributed by atoms with Crippen molar-refractivity contribution >= 4 is 5.97 Å². The highest BCUT2D eigenvalue weighted by Crippen LogP contribution is 2.38. The largest absolute Gasteiger partial charge is 0.479 e. The van der Waals surface area contributed by atoms with E-state index in [0.717, 1.165) is 12.8 Å². The SMILES string of the molecule is C[C@H](OCc1nc(C2CC2)no1)C(=O)O. The maximum atomic E-state index is 10.5. The molecular weight excluding hydrogens is 200 g/mol. The molecule has 0 aliphatic heterocycles. The lowest BCUT2D eigenvalue weighted by Gasteiger charge is -2.04. The molecule has 1 aliphatic carbocycles. The van der Waals surface area contributed by atoms with Gasteiger partial charge in [0.25, 0.3) is 5.89 Å². The third kappa shape index (κ3) is 2.53.